The van der Waals surface area contributed by atoms with Crippen molar-refractivity contribution in [2.75, 3.05) is 18.5 Å². The number of hydrogen-bond donors (Lipinski definition) is 2. The van der Waals surface area contributed by atoms with E-state index >= 15 is 0 Å². The smallest absolute Gasteiger partial charge is 0.163 e. The van der Waals surface area contributed by atoms with Crippen LogP contribution >= 0.6 is 0 Å². The summed E-state index contributed by atoms with van der Waals surface area (Å²) in [5.41, 5.74) is 1.86. The van der Waals surface area contributed by atoms with Crippen molar-refractivity contribution in [2.45, 2.75) is 25.8 Å². The summed E-state index contributed by atoms with van der Waals surface area (Å²) >= 11 is 0. The van der Waals surface area contributed by atoms with Crippen LogP contribution in [-0.4, -0.2) is 18.3 Å². The van der Waals surface area contributed by atoms with Gasteiger partial charge in [-0.3, -0.25) is 0 Å². The first-order valence-electron chi connectivity index (χ1n) is 7.72. The van der Waals surface area contributed by atoms with Gasteiger partial charge in [0.25, 0.3) is 0 Å². The fourth-order valence-electron chi connectivity index (χ4n) is 2.64. The second-order valence-electron chi connectivity index (χ2n) is 5.38. The number of ether oxygens (including phenoxy) is 2. The molecular weight excluding hydrogens is 278 g/mol. The van der Waals surface area contributed by atoms with Gasteiger partial charge >= 0.3 is 0 Å². The van der Waals surface area contributed by atoms with E-state index in [1.54, 1.807) is 6.07 Å². The van der Waals surface area contributed by atoms with Crippen molar-refractivity contribution in [1.82, 2.24) is 0 Å². The molecule has 116 valence electrons. The number of phenols is 1. The predicted octanol–water partition coefficient (Wildman–Crippen LogP) is 4.12. The van der Waals surface area contributed by atoms with E-state index in [1.807, 2.05) is 36.4 Å². The molecule has 0 fully saturated rings. The topological polar surface area (TPSA) is 50.7 Å². The molecule has 4 heteroatoms. The Morgan fingerprint density at radius 1 is 1.09 bits per heavy atom. The van der Waals surface area contributed by atoms with Gasteiger partial charge in [-0.05, 0) is 24.6 Å². The van der Waals surface area contributed by atoms with Crippen LogP contribution in [0.25, 0.3) is 0 Å². The van der Waals surface area contributed by atoms with Gasteiger partial charge in [0.05, 0.1) is 19.3 Å². The van der Waals surface area contributed by atoms with Gasteiger partial charge < -0.3 is 19.9 Å². The molecule has 1 atom stereocenters. The molecule has 0 amide bonds. The second-order valence-corrected chi connectivity index (χ2v) is 5.38. The first-order chi connectivity index (χ1) is 10.8. The zero-order valence-electron chi connectivity index (χ0n) is 12.7. The van der Waals surface area contributed by atoms with Crippen molar-refractivity contribution in [2.24, 2.45) is 0 Å². The molecule has 0 aromatic heterocycles. The zero-order valence-corrected chi connectivity index (χ0v) is 12.7. The molecule has 0 spiro atoms. The van der Waals surface area contributed by atoms with Gasteiger partial charge in [-0.1, -0.05) is 25.1 Å². The standard InChI is InChI=1S/C18H21NO3/c1-2-15(14-6-3-4-7-16(14)20)19-13-8-9-17-18(12-13)22-11-5-10-21-17/h3-4,6-9,12,15,19-20H,2,5,10-11H2,1H3. The van der Waals surface area contributed by atoms with Gasteiger partial charge in [-0.15, -0.1) is 0 Å². The molecule has 1 aliphatic heterocycles. The normalized spacial score (nSPS) is 15.0. The van der Waals surface area contributed by atoms with Crippen molar-refractivity contribution in [3.8, 4) is 17.2 Å². The Bertz CT molecular complexity index is 642. The summed E-state index contributed by atoms with van der Waals surface area (Å²) in [5, 5.41) is 13.5. The largest absolute Gasteiger partial charge is 0.508 e. The SMILES string of the molecule is CCC(Nc1ccc2c(c1)OCCCO2)c1ccccc1O. The Kier molecular flexibility index (Phi) is 4.37. The van der Waals surface area contributed by atoms with Crippen molar-refractivity contribution in [3.05, 3.63) is 48.0 Å². The predicted molar refractivity (Wildman–Crippen MR) is 86.8 cm³/mol. The van der Waals surface area contributed by atoms with Crippen molar-refractivity contribution in [1.29, 1.82) is 0 Å². The lowest BCUT2D eigenvalue weighted by Gasteiger charge is -2.20. The molecule has 0 saturated carbocycles. The lowest BCUT2D eigenvalue weighted by Crippen LogP contribution is -2.10. The number of nitrogens with one attached hydrogen (secondary N) is 1. The highest BCUT2D eigenvalue weighted by Crippen LogP contribution is 2.35. The molecule has 2 N–H and O–H groups in total. The van der Waals surface area contributed by atoms with Gasteiger partial charge in [-0.25, -0.2) is 0 Å². The number of anilines is 1. The summed E-state index contributed by atoms with van der Waals surface area (Å²) < 4.78 is 11.4. The Balaban J connectivity index is 1.82. The van der Waals surface area contributed by atoms with Crippen molar-refractivity contribution < 1.29 is 14.6 Å². The third-order valence-electron chi connectivity index (χ3n) is 3.81. The molecule has 0 aliphatic carbocycles. The molecule has 0 bridgehead atoms. The summed E-state index contributed by atoms with van der Waals surface area (Å²) in [4.78, 5) is 0. The maximum Gasteiger partial charge on any atom is 0.163 e. The summed E-state index contributed by atoms with van der Waals surface area (Å²) in [5.74, 6) is 1.88. The summed E-state index contributed by atoms with van der Waals surface area (Å²) in [6.07, 6.45) is 1.76. The van der Waals surface area contributed by atoms with E-state index in [1.165, 1.54) is 0 Å². The maximum atomic E-state index is 10.0. The highest BCUT2D eigenvalue weighted by molar-refractivity contribution is 5.56. The molecule has 1 aliphatic rings. The zero-order chi connectivity index (χ0) is 15.4. The van der Waals surface area contributed by atoms with Gasteiger partial charge in [0.2, 0.25) is 0 Å². The van der Waals surface area contributed by atoms with E-state index in [0.29, 0.717) is 19.0 Å². The molecule has 1 heterocycles. The Morgan fingerprint density at radius 2 is 1.86 bits per heavy atom. The van der Waals surface area contributed by atoms with Crippen LogP contribution in [0.2, 0.25) is 0 Å². The average Bonchev–Trinajstić information content (AvgIpc) is 2.78. The fourth-order valence-corrected chi connectivity index (χ4v) is 2.64. The van der Waals surface area contributed by atoms with Crippen LogP contribution < -0.4 is 14.8 Å². The molecule has 4 nitrogen and oxygen atoms in total. The fraction of sp³-hybridized carbons (Fsp3) is 0.333. The quantitative estimate of drug-likeness (QED) is 0.891. The molecule has 0 saturated heterocycles. The molecule has 1 unspecified atom stereocenters. The number of phenolic OH excluding ortho intramolecular Hbond substituents is 1. The maximum absolute atomic E-state index is 10.0. The first-order valence-corrected chi connectivity index (χ1v) is 7.72. The molecule has 2 aromatic rings. The summed E-state index contributed by atoms with van der Waals surface area (Å²) in [7, 11) is 0. The lowest BCUT2D eigenvalue weighted by atomic mass is 10.0. The van der Waals surface area contributed by atoms with Crippen molar-refractivity contribution in [3.63, 3.8) is 0 Å². The first kappa shape index (κ1) is 14.6. The van der Waals surface area contributed by atoms with Gasteiger partial charge in [0, 0.05) is 23.7 Å². The van der Waals surface area contributed by atoms with Gasteiger partial charge in [0.15, 0.2) is 11.5 Å². The molecular formula is C18H21NO3. The highest BCUT2D eigenvalue weighted by Gasteiger charge is 2.15. The number of rotatable bonds is 4. The second kappa shape index (κ2) is 6.60. The van der Waals surface area contributed by atoms with E-state index in [4.69, 9.17) is 9.47 Å². The summed E-state index contributed by atoms with van der Waals surface area (Å²) in [6.45, 7) is 3.45. The number of fused-ring (bicyclic) bond motifs is 1. The minimum atomic E-state index is 0.0472. The van der Waals surface area contributed by atoms with Crippen molar-refractivity contribution >= 4 is 5.69 Å². The van der Waals surface area contributed by atoms with Crippen LogP contribution in [0.3, 0.4) is 0 Å². The Labute approximate surface area is 130 Å². The lowest BCUT2D eigenvalue weighted by molar-refractivity contribution is 0.297. The third kappa shape index (κ3) is 3.11. The van der Waals surface area contributed by atoms with E-state index in [0.717, 1.165) is 35.6 Å². The van der Waals surface area contributed by atoms with Crippen LogP contribution in [0.4, 0.5) is 5.69 Å². The van der Waals surface area contributed by atoms with E-state index in [9.17, 15) is 5.11 Å². The molecule has 22 heavy (non-hydrogen) atoms. The van der Waals surface area contributed by atoms with Gasteiger partial charge in [0.1, 0.15) is 5.75 Å². The van der Waals surface area contributed by atoms with E-state index in [-0.39, 0.29) is 6.04 Å². The van der Waals surface area contributed by atoms with E-state index in [2.05, 4.69) is 12.2 Å². The van der Waals surface area contributed by atoms with Crippen LogP contribution in [0.15, 0.2) is 42.5 Å². The average molecular weight is 299 g/mol. The molecule has 3 rings (SSSR count). The Morgan fingerprint density at radius 3 is 2.64 bits per heavy atom. The number of hydrogen-bond acceptors (Lipinski definition) is 4. The summed E-state index contributed by atoms with van der Waals surface area (Å²) in [6, 6.07) is 13.4. The third-order valence-corrected chi connectivity index (χ3v) is 3.81. The van der Waals surface area contributed by atoms with Gasteiger partial charge in [-0.2, -0.15) is 0 Å². The van der Waals surface area contributed by atoms with Crippen LogP contribution in [-0.2, 0) is 0 Å². The number of aromatic hydroxyl groups is 1. The number of para-hydroxylation sites is 1. The number of benzene rings is 2. The monoisotopic (exact) mass is 299 g/mol. The highest BCUT2D eigenvalue weighted by atomic mass is 16.5. The van der Waals surface area contributed by atoms with Crippen LogP contribution in [0.5, 0.6) is 17.2 Å². The molecule has 0 radical (unpaired) electrons. The van der Waals surface area contributed by atoms with Crippen LogP contribution in [0, 0.1) is 0 Å². The minimum Gasteiger partial charge on any atom is -0.508 e. The molecule has 2 aromatic carbocycles. The Hall–Kier alpha value is -2.36. The van der Waals surface area contributed by atoms with Crippen LogP contribution in [0.1, 0.15) is 31.4 Å². The van der Waals surface area contributed by atoms with E-state index < -0.39 is 0 Å². The minimum absolute atomic E-state index is 0.0472.